The van der Waals surface area contributed by atoms with Crippen molar-refractivity contribution in [2.45, 2.75) is 18.8 Å². The summed E-state index contributed by atoms with van der Waals surface area (Å²) in [5.41, 5.74) is 3.30. The van der Waals surface area contributed by atoms with Crippen LogP contribution in [0.25, 0.3) is 0 Å². The predicted octanol–water partition coefficient (Wildman–Crippen LogP) is 3.38. The van der Waals surface area contributed by atoms with Crippen molar-refractivity contribution in [1.29, 1.82) is 0 Å². The van der Waals surface area contributed by atoms with E-state index in [1.54, 1.807) is 17.3 Å². The Morgan fingerprint density at radius 2 is 2.12 bits per heavy atom. The second kappa shape index (κ2) is 6.95. The number of nitrogens with one attached hydrogen (secondary N) is 2. The molecule has 5 nitrogen and oxygen atoms in total. The smallest absolute Gasteiger partial charge is 0.390 e. The quantitative estimate of drug-likeness (QED) is 0.579. The number of benzene rings is 1. The van der Waals surface area contributed by atoms with Crippen molar-refractivity contribution >= 4 is 21.6 Å². The Hall–Kier alpha value is -2.23. The van der Waals surface area contributed by atoms with Gasteiger partial charge in [-0.2, -0.15) is 13.2 Å². The SMILES string of the molecule is Fc1cccc(OC2=CC(=NCCC(F)(F)F)C3NC=C(Br)N3N2)c1. The maximum absolute atomic E-state index is 13.3. The van der Waals surface area contributed by atoms with Crippen LogP contribution in [0.4, 0.5) is 17.6 Å². The molecule has 0 fully saturated rings. The zero-order chi connectivity index (χ0) is 18.0. The van der Waals surface area contributed by atoms with Crippen LogP contribution in [0.3, 0.4) is 0 Å². The minimum Gasteiger partial charge on any atom is -0.439 e. The summed E-state index contributed by atoms with van der Waals surface area (Å²) in [6, 6.07) is 5.52. The van der Waals surface area contributed by atoms with E-state index >= 15 is 0 Å². The van der Waals surface area contributed by atoms with Crippen molar-refractivity contribution in [2.75, 3.05) is 6.54 Å². The molecule has 0 amide bonds. The highest BCUT2D eigenvalue weighted by molar-refractivity contribution is 9.11. The zero-order valence-electron chi connectivity index (χ0n) is 12.6. The Kier molecular flexibility index (Phi) is 4.89. The van der Waals surface area contributed by atoms with Crippen LogP contribution in [0, 0.1) is 5.82 Å². The number of aliphatic imine (C=N–C) groups is 1. The average molecular weight is 421 g/mol. The van der Waals surface area contributed by atoms with Crippen molar-refractivity contribution in [3.63, 3.8) is 0 Å². The monoisotopic (exact) mass is 420 g/mol. The van der Waals surface area contributed by atoms with E-state index < -0.39 is 31.1 Å². The number of hydrazine groups is 1. The van der Waals surface area contributed by atoms with Crippen LogP contribution in [-0.4, -0.2) is 29.6 Å². The molecular weight excluding hydrogens is 408 g/mol. The minimum absolute atomic E-state index is 0.210. The Morgan fingerprint density at radius 1 is 1.32 bits per heavy atom. The van der Waals surface area contributed by atoms with E-state index in [1.807, 2.05) is 0 Å². The molecule has 0 saturated heterocycles. The van der Waals surface area contributed by atoms with E-state index in [2.05, 4.69) is 31.7 Å². The first-order valence-corrected chi connectivity index (χ1v) is 8.05. The van der Waals surface area contributed by atoms with Crippen molar-refractivity contribution in [1.82, 2.24) is 15.8 Å². The molecule has 1 aromatic carbocycles. The van der Waals surface area contributed by atoms with E-state index in [9.17, 15) is 17.6 Å². The predicted molar refractivity (Wildman–Crippen MR) is 87.0 cm³/mol. The van der Waals surface area contributed by atoms with Gasteiger partial charge in [-0.25, -0.2) is 9.40 Å². The molecule has 0 radical (unpaired) electrons. The second-order valence-corrected chi connectivity index (χ2v) is 6.07. The first-order chi connectivity index (χ1) is 11.8. The third kappa shape index (κ3) is 4.44. The molecule has 2 N–H and O–H groups in total. The molecule has 2 aliphatic heterocycles. The van der Waals surface area contributed by atoms with Crippen LogP contribution in [0.15, 0.2) is 52.0 Å². The molecule has 10 heteroatoms. The molecule has 2 heterocycles. The van der Waals surface area contributed by atoms with Gasteiger partial charge in [-0.05, 0) is 28.1 Å². The van der Waals surface area contributed by atoms with Gasteiger partial charge in [-0.15, -0.1) is 0 Å². The van der Waals surface area contributed by atoms with Gasteiger partial charge in [0.2, 0.25) is 5.88 Å². The Labute approximate surface area is 149 Å². The fourth-order valence-electron chi connectivity index (χ4n) is 2.27. The van der Waals surface area contributed by atoms with E-state index in [0.29, 0.717) is 10.3 Å². The molecule has 134 valence electrons. The van der Waals surface area contributed by atoms with Crippen LogP contribution in [0.5, 0.6) is 5.75 Å². The van der Waals surface area contributed by atoms with E-state index in [4.69, 9.17) is 4.74 Å². The van der Waals surface area contributed by atoms with Gasteiger partial charge in [-0.3, -0.25) is 10.4 Å². The summed E-state index contributed by atoms with van der Waals surface area (Å²) in [7, 11) is 0. The lowest BCUT2D eigenvalue weighted by Gasteiger charge is -2.33. The number of rotatable bonds is 4. The Balaban J connectivity index is 1.80. The largest absolute Gasteiger partial charge is 0.439 e. The van der Waals surface area contributed by atoms with Crippen molar-refractivity contribution in [3.8, 4) is 5.75 Å². The lowest BCUT2D eigenvalue weighted by atomic mass is 10.2. The normalized spacial score (nSPS) is 21.2. The van der Waals surface area contributed by atoms with Gasteiger partial charge in [-0.1, -0.05) is 6.07 Å². The second-order valence-electron chi connectivity index (χ2n) is 5.26. The molecule has 0 bridgehead atoms. The lowest BCUT2D eigenvalue weighted by Crippen LogP contribution is -2.53. The van der Waals surface area contributed by atoms with Crippen LogP contribution >= 0.6 is 15.9 Å². The van der Waals surface area contributed by atoms with Crippen molar-refractivity contribution in [3.05, 3.63) is 52.8 Å². The highest BCUT2D eigenvalue weighted by atomic mass is 79.9. The summed E-state index contributed by atoms with van der Waals surface area (Å²) in [5, 5.41) is 4.58. The number of hydrogen-bond acceptors (Lipinski definition) is 5. The summed E-state index contributed by atoms with van der Waals surface area (Å²) >= 11 is 3.32. The van der Waals surface area contributed by atoms with Gasteiger partial charge < -0.3 is 10.1 Å². The Bertz CT molecular complexity index is 747. The molecule has 1 unspecified atom stereocenters. The van der Waals surface area contributed by atoms with Crippen LogP contribution in [0.1, 0.15) is 6.42 Å². The third-order valence-electron chi connectivity index (χ3n) is 3.35. The molecule has 0 aromatic heterocycles. The highest BCUT2D eigenvalue weighted by Crippen LogP contribution is 2.25. The zero-order valence-corrected chi connectivity index (χ0v) is 14.2. The van der Waals surface area contributed by atoms with Crippen molar-refractivity contribution in [2.24, 2.45) is 4.99 Å². The fraction of sp³-hybridized carbons (Fsp3) is 0.267. The summed E-state index contributed by atoms with van der Waals surface area (Å²) in [5.74, 6) is -0.00414. The first-order valence-electron chi connectivity index (χ1n) is 7.26. The summed E-state index contributed by atoms with van der Waals surface area (Å²) in [4.78, 5) is 4.02. The molecular formula is C15H13BrF4N4O. The third-order valence-corrected chi connectivity index (χ3v) is 3.96. The van der Waals surface area contributed by atoms with Crippen molar-refractivity contribution < 1.29 is 22.3 Å². The Morgan fingerprint density at radius 3 is 2.84 bits per heavy atom. The average Bonchev–Trinajstić information content (AvgIpc) is 2.88. The molecule has 25 heavy (non-hydrogen) atoms. The maximum Gasteiger partial charge on any atom is 0.390 e. The molecule has 0 spiro atoms. The van der Waals surface area contributed by atoms with E-state index in [1.165, 1.54) is 24.3 Å². The summed E-state index contributed by atoms with van der Waals surface area (Å²) in [6.07, 6.45) is -2.64. The standard InChI is InChI=1S/C15H13BrF4N4O/c16-12-8-22-14-11(21-5-4-15(18,19)20)7-13(23-24(12)14)25-10-3-1-2-9(17)6-10/h1-3,6-8,14,22-23H,4-5H2. The molecule has 1 atom stereocenters. The minimum atomic E-state index is -4.27. The number of alkyl halides is 3. The lowest BCUT2D eigenvalue weighted by molar-refractivity contribution is -0.132. The molecule has 1 aromatic rings. The van der Waals surface area contributed by atoms with Gasteiger partial charge >= 0.3 is 6.18 Å². The van der Waals surface area contributed by atoms with Gasteiger partial charge in [0, 0.05) is 24.9 Å². The molecule has 2 aliphatic rings. The fourth-order valence-corrected chi connectivity index (χ4v) is 2.69. The van der Waals surface area contributed by atoms with Gasteiger partial charge in [0.1, 0.15) is 16.2 Å². The maximum atomic E-state index is 13.3. The van der Waals surface area contributed by atoms with E-state index in [-0.39, 0.29) is 11.6 Å². The van der Waals surface area contributed by atoms with Crippen LogP contribution < -0.4 is 15.5 Å². The molecule has 0 aliphatic carbocycles. The number of halogens is 5. The summed E-state index contributed by atoms with van der Waals surface area (Å²) < 4.78 is 56.5. The number of hydrogen-bond donors (Lipinski definition) is 2. The topological polar surface area (TPSA) is 48.9 Å². The molecule has 3 rings (SSSR count). The first kappa shape index (κ1) is 17.6. The van der Waals surface area contributed by atoms with Gasteiger partial charge in [0.25, 0.3) is 0 Å². The van der Waals surface area contributed by atoms with Crippen LogP contribution in [-0.2, 0) is 0 Å². The summed E-state index contributed by atoms with van der Waals surface area (Å²) in [6.45, 7) is -0.397. The number of nitrogens with zero attached hydrogens (tertiary/aromatic N) is 2. The number of ether oxygens (including phenoxy) is 1. The van der Waals surface area contributed by atoms with Gasteiger partial charge in [0.15, 0.2) is 6.17 Å². The molecule has 0 saturated carbocycles. The van der Waals surface area contributed by atoms with Gasteiger partial charge in [0.05, 0.1) is 12.1 Å². The highest BCUT2D eigenvalue weighted by Gasteiger charge is 2.34. The van der Waals surface area contributed by atoms with E-state index in [0.717, 1.165) is 0 Å². The number of fused-ring (bicyclic) bond motifs is 1. The van der Waals surface area contributed by atoms with Crippen LogP contribution in [0.2, 0.25) is 0 Å².